The number of ether oxygens (including phenoxy) is 1. The Morgan fingerprint density at radius 2 is 1.81 bits per heavy atom. The summed E-state index contributed by atoms with van der Waals surface area (Å²) in [5.41, 5.74) is 3.11. The molecule has 0 fully saturated rings. The molecule has 1 N–H and O–H groups in total. The number of aryl methyl sites for hydroxylation is 1. The maximum absolute atomic E-state index is 9.22. The quantitative estimate of drug-likeness (QED) is 0.887. The maximum Gasteiger partial charge on any atom is 0.219 e. The summed E-state index contributed by atoms with van der Waals surface area (Å²) < 4.78 is 5.78. The van der Waals surface area contributed by atoms with Crippen LogP contribution in [0.1, 0.15) is 44.0 Å². The number of hydrogen-bond donors (Lipinski definition) is 1. The highest BCUT2D eigenvalue weighted by Gasteiger charge is 2.17. The van der Waals surface area contributed by atoms with Crippen LogP contribution in [0.3, 0.4) is 0 Å². The minimum Gasteiger partial charge on any atom is -0.439 e. The largest absolute Gasteiger partial charge is 0.439 e. The van der Waals surface area contributed by atoms with E-state index in [1.807, 2.05) is 25.1 Å². The van der Waals surface area contributed by atoms with E-state index in [-0.39, 0.29) is 12.0 Å². The van der Waals surface area contributed by atoms with E-state index in [9.17, 15) is 5.11 Å². The van der Waals surface area contributed by atoms with Crippen LogP contribution in [0.15, 0.2) is 36.4 Å². The van der Waals surface area contributed by atoms with Crippen LogP contribution in [-0.2, 0) is 12.0 Å². The molecule has 2 aromatic rings. The van der Waals surface area contributed by atoms with Crippen molar-refractivity contribution in [3.63, 3.8) is 0 Å². The van der Waals surface area contributed by atoms with Crippen LogP contribution in [0.2, 0.25) is 0 Å². The number of benzene rings is 1. The Morgan fingerprint density at radius 3 is 2.38 bits per heavy atom. The Kier molecular flexibility index (Phi) is 4.63. The molecule has 3 heteroatoms. The van der Waals surface area contributed by atoms with Crippen molar-refractivity contribution in [3.8, 4) is 11.6 Å². The first kappa shape index (κ1) is 15.5. The van der Waals surface area contributed by atoms with Gasteiger partial charge in [-0.3, -0.25) is 0 Å². The summed E-state index contributed by atoms with van der Waals surface area (Å²) in [4.78, 5) is 4.33. The van der Waals surface area contributed by atoms with Gasteiger partial charge in [-0.15, -0.1) is 0 Å². The molecule has 0 aliphatic rings. The van der Waals surface area contributed by atoms with Crippen molar-refractivity contribution in [3.05, 3.63) is 53.2 Å². The van der Waals surface area contributed by atoms with E-state index in [1.54, 1.807) is 6.07 Å². The first-order valence-corrected chi connectivity index (χ1v) is 7.31. The molecule has 0 bridgehead atoms. The van der Waals surface area contributed by atoms with Crippen LogP contribution in [0, 0.1) is 6.92 Å². The molecule has 0 atom stereocenters. The second kappa shape index (κ2) is 6.27. The van der Waals surface area contributed by atoms with Gasteiger partial charge in [0.15, 0.2) is 0 Å². The fourth-order valence-electron chi connectivity index (χ4n) is 2.15. The van der Waals surface area contributed by atoms with Gasteiger partial charge in [-0.05, 0) is 48.1 Å². The van der Waals surface area contributed by atoms with Crippen molar-refractivity contribution in [2.75, 3.05) is 0 Å². The standard InChI is InChI=1S/C18H23NO2/c1-5-18(3,4)15-6-8-16(9-7-15)21-17-11-14(12-20)10-13(2)19-17/h6-11,20H,5,12H2,1-4H3. The number of aromatic nitrogens is 1. The van der Waals surface area contributed by atoms with E-state index in [4.69, 9.17) is 4.74 Å². The molecule has 0 radical (unpaired) electrons. The molecule has 0 saturated carbocycles. The molecule has 0 saturated heterocycles. The fraction of sp³-hybridized carbons (Fsp3) is 0.389. The number of hydrogen-bond acceptors (Lipinski definition) is 3. The predicted octanol–water partition coefficient (Wildman–Crippen LogP) is 4.36. The lowest BCUT2D eigenvalue weighted by atomic mass is 9.82. The second-order valence-corrected chi connectivity index (χ2v) is 5.98. The Labute approximate surface area is 126 Å². The lowest BCUT2D eigenvalue weighted by molar-refractivity contribution is 0.281. The average molecular weight is 285 g/mol. The summed E-state index contributed by atoms with van der Waals surface area (Å²) in [6.45, 7) is 8.54. The van der Waals surface area contributed by atoms with Gasteiger partial charge in [-0.1, -0.05) is 32.9 Å². The molecule has 2 rings (SSSR count). The van der Waals surface area contributed by atoms with Gasteiger partial charge in [0.05, 0.1) is 6.61 Å². The Hall–Kier alpha value is -1.87. The maximum atomic E-state index is 9.22. The molecule has 112 valence electrons. The summed E-state index contributed by atoms with van der Waals surface area (Å²) in [6, 6.07) is 11.7. The molecule has 0 unspecified atom stereocenters. The first-order chi connectivity index (χ1) is 9.94. The highest BCUT2D eigenvalue weighted by atomic mass is 16.5. The second-order valence-electron chi connectivity index (χ2n) is 5.98. The van der Waals surface area contributed by atoms with Crippen LogP contribution < -0.4 is 4.74 Å². The van der Waals surface area contributed by atoms with E-state index >= 15 is 0 Å². The van der Waals surface area contributed by atoms with Crippen molar-refractivity contribution in [1.29, 1.82) is 0 Å². The van der Waals surface area contributed by atoms with Gasteiger partial charge in [-0.2, -0.15) is 0 Å². The van der Waals surface area contributed by atoms with Crippen molar-refractivity contribution in [2.24, 2.45) is 0 Å². The van der Waals surface area contributed by atoms with Gasteiger partial charge in [0.2, 0.25) is 5.88 Å². The first-order valence-electron chi connectivity index (χ1n) is 7.31. The zero-order valence-corrected chi connectivity index (χ0v) is 13.2. The molecular weight excluding hydrogens is 262 g/mol. The van der Waals surface area contributed by atoms with Crippen LogP contribution in [0.25, 0.3) is 0 Å². The lowest BCUT2D eigenvalue weighted by Gasteiger charge is -2.23. The molecule has 3 nitrogen and oxygen atoms in total. The van der Waals surface area contributed by atoms with Gasteiger partial charge in [0.1, 0.15) is 5.75 Å². The number of aliphatic hydroxyl groups excluding tert-OH is 1. The number of pyridine rings is 1. The van der Waals surface area contributed by atoms with Gasteiger partial charge in [0, 0.05) is 11.8 Å². The highest BCUT2D eigenvalue weighted by molar-refractivity contribution is 5.34. The molecule has 0 aliphatic heterocycles. The van der Waals surface area contributed by atoms with Gasteiger partial charge >= 0.3 is 0 Å². The molecule has 0 amide bonds. The fourth-order valence-corrected chi connectivity index (χ4v) is 2.15. The van der Waals surface area contributed by atoms with Crippen LogP contribution in [0.4, 0.5) is 0 Å². The third kappa shape index (κ3) is 3.82. The number of nitrogens with zero attached hydrogens (tertiary/aromatic N) is 1. The lowest BCUT2D eigenvalue weighted by Crippen LogP contribution is -2.14. The average Bonchev–Trinajstić information content (AvgIpc) is 2.47. The van der Waals surface area contributed by atoms with Crippen molar-refractivity contribution >= 4 is 0 Å². The molecule has 0 spiro atoms. The summed E-state index contributed by atoms with van der Waals surface area (Å²) in [5.74, 6) is 1.27. The summed E-state index contributed by atoms with van der Waals surface area (Å²) >= 11 is 0. The van der Waals surface area contributed by atoms with E-state index < -0.39 is 0 Å². The third-order valence-electron chi connectivity index (χ3n) is 3.91. The SMILES string of the molecule is CCC(C)(C)c1ccc(Oc2cc(CO)cc(C)n2)cc1. The van der Waals surface area contributed by atoms with Crippen LogP contribution in [0.5, 0.6) is 11.6 Å². The minimum absolute atomic E-state index is 0.0106. The van der Waals surface area contributed by atoms with E-state index in [0.717, 1.165) is 23.4 Å². The molecular formula is C18H23NO2. The number of aliphatic hydroxyl groups is 1. The molecule has 1 heterocycles. The Morgan fingerprint density at radius 1 is 1.14 bits per heavy atom. The van der Waals surface area contributed by atoms with Crippen LogP contribution >= 0.6 is 0 Å². The smallest absolute Gasteiger partial charge is 0.219 e. The van der Waals surface area contributed by atoms with Crippen molar-refractivity contribution < 1.29 is 9.84 Å². The third-order valence-corrected chi connectivity index (χ3v) is 3.91. The molecule has 1 aromatic heterocycles. The Balaban J connectivity index is 2.19. The normalized spacial score (nSPS) is 11.5. The van der Waals surface area contributed by atoms with E-state index in [2.05, 4.69) is 37.9 Å². The summed E-state index contributed by atoms with van der Waals surface area (Å²) in [5, 5.41) is 9.22. The zero-order chi connectivity index (χ0) is 15.5. The topological polar surface area (TPSA) is 42.4 Å². The predicted molar refractivity (Wildman–Crippen MR) is 84.7 cm³/mol. The molecule has 21 heavy (non-hydrogen) atoms. The van der Waals surface area contributed by atoms with Crippen molar-refractivity contribution in [1.82, 2.24) is 4.98 Å². The Bertz CT molecular complexity index is 603. The van der Waals surface area contributed by atoms with Gasteiger partial charge in [-0.25, -0.2) is 4.98 Å². The number of rotatable bonds is 5. The summed E-state index contributed by atoms with van der Waals surface area (Å²) in [6.07, 6.45) is 1.09. The van der Waals surface area contributed by atoms with E-state index in [0.29, 0.717) is 5.88 Å². The monoisotopic (exact) mass is 285 g/mol. The van der Waals surface area contributed by atoms with Crippen molar-refractivity contribution in [2.45, 2.75) is 46.1 Å². The zero-order valence-electron chi connectivity index (χ0n) is 13.2. The van der Waals surface area contributed by atoms with Gasteiger partial charge in [0.25, 0.3) is 0 Å². The summed E-state index contributed by atoms with van der Waals surface area (Å²) in [7, 11) is 0. The highest BCUT2D eigenvalue weighted by Crippen LogP contribution is 2.29. The molecule has 1 aromatic carbocycles. The van der Waals surface area contributed by atoms with E-state index in [1.165, 1.54) is 5.56 Å². The minimum atomic E-state index is -0.0106. The van der Waals surface area contributed by atoms with Crippen LogP contribution in [-0.4, -0.2) is 10.1 Å². The molecule has 0 aliphatic carbocycles. The van der Waals surface area contributed by atoms with Gasteiger partial charge < -0.3 is 9.84 Å².